The lowest BCUT2D eigenvalue weighted by molar-refractivity contribution is -0.112. The van der Waals surface area contributed by atoms with Crippen molar-refractivity contribution in [3.05, 3.63) is 40.5 Å². The van der Waals surface area contributed by atoms with E-state index in [9.17, 15) is 4.79 Å². The van der Waals surface area contributed by atoms with Crippen molar-refractivity contribution in [2.24, 2.45) is 0 Å². The van der Waals surface area contributed by atoms with Crippen LogP contribution < -0.4 is 10.6 Å². The lowest BCUT2D eigenvalue weighted by Crippen LogP contribution is -2.18. The van der Waals surface area contributed by atoms with Crippen LogP contribution in [0.15, 0.2) is 40.5 Å². The Morgan fingerprint density at radius 3 is 2.74 bits per heavy atom. The summed E-state index contributed by atoms with van der Waals surface area (Å²) in [6.45, 7) is 1.04. The number of ether oxygens (including phenoxy) is 1. The van der Waals surface area contributed by atoms with Gasteiger partial charge in [-0.25, -0.2) is 0 Å². The SMILES string of the molecule is COCCN/C=C(/C#N)C(=O)Nc1ccc(Br)cc1. The van der Waals surface area contributed by atoms with E-state index in [0.29, 0.717) is 18.8 Å². The maximum Gasteiger partial charge on any atom is 0.267 e. The zero-order valence-electron chi connectivity index (χ0n) is 10.4. The molecule has 1 aromatic carbocycles. The van der Waals surface area contributed by atoms with Crippen LogP contribution >= 0.6 is 15.9 Å². The first-order valence-corrected chi connectivity index (χ1v) is 6.36. The Bertz CT molecular complexity index is 492. The molecule has 0 aliphatic carbocycles. The van der Waals surface area contributed by atoms with Gasteiger partial charge in [0.15, 0.2) is 0 Å². The highest BCUT2D eigenvalue weighted by molar-refractivity contribution is 9.10. The molecule has 0 aliphatic rings. The molecule has 19 heavy (non-hydrogen) atoms. The molecule has 6 heteroatoms. The van der Waals surface area contributed by atoms with E-state index in [1.807, 2.05) is 18.2 Å². The number of hydrogen-bond acceptors (Lipinski definition) is 4. The average Bonchev–Trinajstić information content (AvgIpc) is 2.41. The number of nitriles is 1. The molecular weight excluding hydrogens is 310 g/mol. The molecule has 0 fully saturated rings. The van der Waals surface area contributed by atoms with Crippen LogP contribution in [0.3, 0.4) is 0 Å². The van der Waals surface area contributed by atoms with Crippen LogP contribution in [0.2, 0.25) is 0 Å². The van der Waals surface area contributed by atoms with Crippen LogP contribution in [0.25, 0.3) is 0 Å². The van der Waals surface area contributed by atoms with Gasteiger partial charge in [0.25, 0.3) is 5.91 Å². The van der Waals surface area contributed by atoms with Crippen molar-refractivity contribution < 1.29 is 9.53 Å². The molecule has 100 valence electrons. The van der Waals surface area contributed by atoms with Gasteiger partial charge in [0, 0.05) is 30.0 Å². The maximum atomic E-state index is 11.8. The number of anilines is 1. The predicted molar refractivity (Wildman–Crippen MR) is 76.3 cm³/mol. The lowest BCUT2D eigenvalue weighted by atomic mass is 10.2. The van der Waals surface area contributed by atoms with Crippen LogP contribution in [0, 0.1) is 11.3 Å². The van der Waals surface area contributed by atoms with Gasteiger partial charge in [-0.2, -0.15) is 5.26 Å². The largest absolute Gasteiger partial charge is 0.387 e. The van der Waals surface area contributed by atoms with Gasteiger partial charge >= 0.3 is 0 Å². The first kappa shape index (κ1) is 15.2. The number of carbonyl (C=O) groups excluding carboxylic acids is 1. The summed E-state index contributed by atoms with van der Waals surface area (Å²) in [6, 6.07) is 8.95. The second kappa shape index (κ2) is 8.29. The van der Waals surface area contributed by atoms with Gasteiger partial charge in [0.05, 0.1) is 6.61 Å². The molecular formula is C13H14BrN3O2. The van der Waals surface area contributed by atoms with Gasteiger partial charge in [-0.05, 0) is 24.3 Å². The number of amides is 1. The second-order valence-corrected chi connectivity index (χ2v) is 4.49. The zero-order valence-corrected chi connectivity index (χ0v) is 12.0. The summed E-state index contributed by atoms with van der Waals surface area (Å²) in [4.78, 5) is 11.8. The fraction of sp³-hybridized carbons (Fsp3) is 0.231. The first-order chi connectivity index (χ1) is 9.17. The van der Waals surface area contributed by atoms with Crippen molar-refractivity contribution in [3.63, 3.8) is 0 Å². The average molecular weight is 324 g/mol. The Hall–Kier alpha value is -1.84. The number of benzene rings is 1. The molecule has 0 radical (unpaired) electrons. The summed E-state index contributed by atoms with van der Waals surface area (Å²) in [7, 11) is 1.58. The number of hydrogen-bond donors (Lipinski definition) is 2. The van der Waals surface area contributed by atoms with E-state index in [4.69, 9.17) is 10.00 Å². The van der Waals surface area contributed by atoms with Crippen molar-refractivity contribution in [2.75, 3.05) is 25.6 Å². The predicted octanol–water partition coefficient (Wildman–Crippen LogP) is 2.03. The molecule has 1 amide bonds. The van der Waals surface area contributed by atoms with Crippen molar-refractivity contribution in [2.45, 2.75) is 0 Å². The fourth-order valence-electron chi connectivity index (χ4n) is 1.22. The van der Waals surface area contributed by atoms with E-state index in [1.54, 1.807) is 19.2 Å². The summed E-state index contributed by atoms with van der Waals surface area (Å²) in [5.41, 5.74) is 0.644. The molecule has 5 nitrogen and oxygen atoms in total. The first-order valence-electron chi connectivity index (χ1n) is 5.57. The highest BCUT2D eigenvalue weighted by Crippen LogP contribution is 2.14. The van der Waals surface area contributed by atoms with E-state index < -0.39 is 5.91 Å². The van der Waals surface area contributed by atoms with Crippen molar-refractivity contribution in [1.29, 1.82) is 5.26 Å². The van der Waals surface area contributed by atoms with E-state index in [-0.39, 0.29) is 5.57 Å². The van der Waals surface area contributed by atoms with Gasteiger partial charge in [-0.3, -0.25) is 4.79 Å². The number of rotatable bonds is 6. The summed E-state index contributed by atoms with van der Waals surface area (Å²) in [5, 5.41) is 14.4. The van der Waals surface area contributed by atoms with Crippen molar-refractivity contribution in [1.82, 2.24) is 5.32 Å². The normalized spacial score (nSPS) is 10.7. The van der Waals surface area contributed by atoms with Gasteiger partial charge in [-0.15, -0.1) is 0 Å². The maximum absolute atomic E-state index is 11.8. The third-order valence-corrected chi connectivity index (χ3v) is 2.69. The summed E-state index contributed by atoms with van der Waals surface area (Å²) in [5.74, 6) is -0.449. The molecule has 0 aromatic heterocycles. The summed E-state index contributed by atoms with van der Waals surface area (Å²) < 4.78 is 5.76. The molecule has 0 aliphatic heterocycles. The third kappa shape index (κ3) is 5.55. The molecule has 0 heterocycles. The minimum absolute atomic E-state index is 0.0130. The minimum atomic E-state index is -0.449. The fourth-order valence-corrected chi connectivity index (χ4v) is 1.48. The molecule has 0 saturated heterocycles. The van der Waals surface area contributed by atoms with E-state index in [0.717, 1.165) is 4.47 Å². The summed E-state index contributed by atoms with van der Waals surface area (Å²) in [6.07, 6.45) is 1.38. The highest BCUT2D eigenvalue weighted by Gasteiger charge is 2.08. The number of nitrogens with zero attached hydrogens (tertiary/aromatic N) is 1. The van der Waals surface area contributed by atoms with Crippen LogP contribution in [0.4, 0.5) is 5.69 Å². The monoisotopic (exact) mass is 323 g/mol. The van der Waals surface area contributed by atoms with Crippen molar-refractivity contribution in [3.8, 4) is 6.07 Å². The Morgan fingerprint density at radius 1 is 1.47 bits per heavy atom. The molecule has 0 atom stereocenters. The number of methoxy groups -OCH3 is 1. The quantitative estimate of drug-likeness (QED) is 0.477. The topological polar surface area (TPSA) is 74.1 Å². The number of halogens is 1. The van der Waals surface area contributed by atoms with Crippen molar-refractivity contribution >= 4 is 27.5 Å². The molecule has 2 N–H and O–H groups in total. The Balaban J connectivity index is 2.59. The second-order valence-electron chi connectivity index (χ2n) is 3.58. The lowest BCUT2D eigenvalue weighted by Gasteiger charge is -2.05. The number of carbonyl (C=O) groups is 1. The molecule has 1 rings (SSSR count). The van der Waals surface area contributed by atoms with E-state index in [2.05, 4.69) is 26.6 Å². The smallest absolute Gasteiger partial charge is 0.267 e. The third-order valence-electron chi connectivity index (χ3n) is 2.16. The van der Waals surface area contributed by atoms with E-state index in [1.165, 1.54) is 6.20 Å². The minimum Gasteiger partial charge on any atom is -0.387 e. The summed E-state index contributed by atoms with van der Waals surface area (Å²) >= 11 is 3.30. The Morgan fingerprint density at radius 2 is 2.16 bits per heavy atom. The van der Waals surface area contributed by atoms with Gasteiger partial charge in [-0.1, -0.05) is 15.9 Å². The van der Waals surface area contributed by atoms with Crippen LogP contribution in [0.1, 0.15) is 0 Å². The molecule has 0 bridgehead atoms. The standard InChI is InChI=1S/C13H14BrN3O2/c1-19-7-6-16-9-10(8-15)13(18)17-12-4-2-11(14)3-5-12/h2-5,9,16H,6-7H2,1H3,(H,17,18)/b10-9-. The van der Waals surface area contributed by atoms with Gasteiger partial charge < -0.3 is 15.4 Å². The van der Waals surface area contributed by atoms with Crippen LogP contribution in [-0.4, -0.2) is 26.2 Å². The zero-order chi connectivity index (χ0) is 14.1. The number of nitrogens with one attached hydrogen (secondary N) is 2. The molecule has 0 saturated carbocycles. The van der Waals surface area contributed by atoms with E-state index >= 15 is 0 Å². The molecule has 0 spiro atoms. The van der Waals surface area contributed by atoms with Gasteiger partial charge in [0.1, 0.15) is 11.6 Å². The highest BCUT2D eigenvalue weighted by atomic mass is 79.9. The van der Waals surface area contributed by atoms with Crippen LogP contribution in [-0.2, 0) is 9.53 Å². The van der Waals surface area contributed by atoms with Gasteiger partial charge in [0.2, 0.25) is 0 Å². The Labute approximate surface area is 120 Å². The molecule has 0 unspecified atom stereocenters. The van der Waals surface area contributed by atoms with Crippen LogP contribution in [0.5, 0.6) is 0 Å². The Kier molecular flexibility index (Phi) is 6.64. The molecule has 1 aromatic rings.